The minimum Gasteiger partial charge on any atom is -0.507 e. The predicted molar refractivity (Wildman–Crippen MR) is 172 cm³/mol. The average Bonchev–Trinajstić information content (AvgIpc) is 3.44. The van der Waals surface area contributed by atoms with E-state index in [1.807, 2.05) is 72.9 Å². The number of hydrogen-bond donors (Lipinski definition) is 1. The highest BCUT2D eigenvalue weighted by molar-refractivity contribution is 6.11. The van der Waals surface area contributed by atoms with Crippen molar-refractivity contribution in [1.82, 2.24) is 15.0 Å². The van der Waals surface area contributed by atoms with Gasteiger partial charge in [-0.05, 0) is 53.9 Å². The van der Waals surface area contributed by atoms with E-state index in [1.165, 1.54) is 0 Å². The molecule has 6 nitrogen and oxygen atoms in total. The maximum absolute atomic E-state index is 10.7. The van der Waals surface area contributed by atoms with Crippen LogP contribution in [0.3, 0.4) is 0 Å². The summed E-state index contributed by atoms with van der Waals surface area (Å²) in [5.74, 6) is 1.29. The van der Waals surface area contributed by atoms with E-state index in [4.69, 9.17) is 19.4 Å². The summed E-state index contributed by atoms with van der Waals surface area (Å²) in [5.41, 5.74) is 5.27. The quantitative estimate of drug-likeness (QED) is 0.228. The van der Waals surface area contributed by atoms with E-state index < -0.39 is 0 Å². The van der Waals surface area contributed by atoms with Crippen LogP contribution in [0, 0.1) is 0 Å². The number of para-hydroxylation sites is 2. The van der Waals surface area contributed by atoms with Crippen molar-refractivity contribution in [1.29, 1.82) is 0 Å². The molecular formula is C37H24N4O2. The van der Waals surface area contributed by atoms with Crippen LogP contribution in [0.15, 0.2) is 144 Å². The summed E-state index contributed by atoms with van der Waals surface area (Å²) in [6.07, 6.45) is 1.81. The number of anilines is 3. The summed E-state index contributed by atoms with van der Waals surface area (Å²) in [7, 11) is 0. The van der Waals surface area contributed by atoms with Gasteiger partial charge in [0.25, 0.3) is 0 Å². The molecule has 0 amide bonds. The van der Waals surface area contributed by atoms with Crippen molar-refractivity contribution in [3.8, 4) is 28.4 Å². The molecule has 0 saturated heterocycles. The van der Waals surface area contributed by atoms with E-state index in [0.717, 1.165) is 49.9 Å². The summed E-state index contributed by atoms with van der Waals surface area (Å²) in [6.45, 7) is 0. The second kappa shape index (κ2) is 10.1. The first-order valence-corrected chi connectivity index (χ1v) is 14.0. The highest BCUT2D eigenvalue weighted by Gasteiger charge is 2.21. The van der Waals surface area contributed by atoms with Crippen molar-refractivity contribution in [3.63, 3.8) is 0 Å². The molecule has 0 fully saturated rings. The molecule has 8 aromatic rings. The van der Waals surface area contributed by atoms with Crippen molar-refractivity contribution >= 4 is 50.0 Å². The number of pyridine rings is 1. The standard InChI is InChI=1S/C37H24N4O2/c42-31-19-5-3-16-28(31)36-39-35(34-29-17-4-6-20-32(29)43-37(34)40-36)25-13-9-14-26(23-25)41(33-21-7-8-22-38-33)30-18-10-12-24-11-1-2-15-27(24)30/h1-23,42H. The van der Waals surface area contributed by atoms with Gasteiger partial charge in [0.1, 0.15) is 17.2 Å². The Labute approximate surface area is 247 Å². The Morgan fingerprint density at radius 1 is 0.651 bits per heavy atom. The summed E-state index contributed by atoms with van der Waals surface area (Å²) in [5, 5.41) is 14.7. The van der Waals surface area contributed by atoms with Gasteiger partial charge < -0.3 is 9.52 Å². The van der Waals surface area contributed by atoms with Gasteiger partial charge in [0.15, 0.2) is 5.82 Å². The van der Waals surface area contributed by atoms with Crippen molar-refractivity contribution < 1.29 is 9.52 Å². The first kappa shape index (κ1) is 24.8. The van der Waals surface area contributed by atoms with Crippen LogP contribution in [0.2, 0.25) is 0 Å². The van der Waals surface area contributed by atoms with Gasteiger partial charge in [0.2, 0.25) is 5.71 Å². The van der Waals surface area contributed by atoms with Gasteiger partial charge in [-0.15, -0.1) is 0 Å². The Morgan fingerprint density at radius 2 is 1.42 bits per heavy atom. The fourth-order valence-electron chi connectivity index (χ4n) is 5.69. The van der Waals surface area contributed by atoms with Crippen LogP contribution in [0.5, 0.6) is 5.75 Å². The van der Waals surface area contributed by atoms with Crippen molar-refractivity contribution in [2.45, 2.75) is 0 Å². The Bertz CT molecular complexity index is 2270. The topological polar surface area (TPSA) is 75.3 Å². The van der Waals surface area contributed by atoms with Gasteiger partial charge >= 0.3 is 0 Å². The molecule has 3 aromatic heterocycles. The first-order valence-electron chi connectivity index (χ1n) is 14.0. The van der Waals surface area contributed by atoms with E-state index in [-0.39, 0.29) is 5.75 Å². The van der Waals surface area contributed by atoms with E-state index in [2.05, 4.69) is 59.5 Å². The molecule has 0 aliphatic carbocycles. The number of hydrogen-bond acceptors (Lipinski definition) is 6. The number of furan rings is 1. The van der Waals surface area contributed by atoms with Gasteiger partial charge in [0, 0.05) is 28.2 Å². The smallest absolute Gasteiger partial charge is 0.231 e. The lowest BCUT2D eigenvalue weighted by Gasteiger charge is -2.26. The highest BCUT2D eigenvalue weighted by Crippen LogP contribution is 2.41. The Kier molecular flexibility index (Phi) is 5.83. The SMILES string of the molecule is Oc1ccccc1-c1nc(-c2cccc(N(c3ccccn3)c3cccc4ccccc34)c2)c2c(n1)oc1ccccc12. The molecule has 0 spiro atoms. The summed E-state index contributed by atoms with van der Waals surface area (Å²) < 4.78 is 6.23. The minimum atomic E-state index is 0.106. The maximum Gasteiger partial charge on any atom is 0.231 e. The largest absolute Gasteiger partial charge is 0.507 e. The Balaban J connectivity index is 1.39. The molecule has 1 N–H and O–H groups in total. The number of benzene rings is 5. The van der Waals surface area contributed by atoms with Crippen LogP contribution in [-0.4, -0.2) is 20.1 Å². The lowest BCUT2D eigenvalue weighted by atomic mass is 10.0. The number of phenols is 1. The normalized spacial score (nSPS) is 11.3. The van der Waals surface area contributed by atoms with E-state index >= 15 is 0 Å². The Hall–Kier alpha value is -6.01. The second-order valence-electron chi connectivity index (χ2n) is 10.3. The molecule has 0 atom stereocenters. The third-order valence-corrected chi connectivity index (χ3v) is 7.65. The van der Waals surface area contributed by atoms with Crippen molar-refractivity contribution in [3.05, 3.63) is 140 Å². The van der Waals surface area contributed by atoms with E-state index in [9.17, 15) is 5.11 Å². The number of phenolic OH excluding ortho intramolecular Hbond substituents is 1. The summed E-state index contributed by atoms with van der Waals surface area (Å²) >= 11 is 0. The molecule has 8 rings (SSSR count). The number of aromatic nitrogens is 3. The number of fused-ring (bicyclic) bond motifs is 4. The fourth-order valence-corrected chi connectivity index (χ4v) is 5.69. The molecule has 43 heavy (non-hydrogen) atoms. The third kappa shape index (κ3) is 4.24. The zero-order valence-corrected chi connectivity index (χ0v) is 22.9. The Morgan fingerprint density at radius 3 is 2.30 bits per heavy atom. The van der Waals surface area contributed by atoms with Crippen LogP contribution in [0.25, 0.3) is 55.5 Å². The number of aromatic hydroxyl groups is 1. The zero-order chi connectivity index (χ0) is 28.8. The molecule has 5 aromatic carbocycles. The second-order valence-corrected chi connectivity index (χ2v) is 10.3. The fraction of sp³-hybridized carbons (Fsp3) is 0. The molecule has 3 heterocycles. The zero-order valence-electron chi connectivity index (χ0n) is 22.9. The predicted octanol–water partition coefficient (Wildman–Crippen LogP) is 9.43. The van der Waals surface area contributed by atoms with Crippen molar-refractivity contribution in [2.75, 3.05) is 4.90 Å². The number of rotatable bonds is 5. The van der Waals surface area contributed by atoms with Crippen LogP contribution < -0.4 is 4.90 Å². The van der Waals surface area contributed by atoms with Crippen LogP contribution >= 0.6 is 0 Å². The van der Waals surface area contributed by atoms with Crippen molar-refractivity contribution in [2.24, 2.45) is 0 Å². The summed E-state index contributed by atoms with van der Waals surface area (Å²) in [6, 6.07) is 43.8. The van der Waals surface area contributed by atoms with E-state index in [0.29, 0.717) is 22.8 Å². The van der Waals surface area contributed by atoms with Gasteiger partial charge in [0.05, 0.1) is 22.3 Å². The third-order valence-electron chi connectivity index (χ3n) is 7.65. The maximum atomic E-state index is 10.7. The molecule has 0 radical (unpaired) electrons. The molecule has 0 saturated carbocycles. The van der Waals surface area contributed by atoms with Crippen LogP contribution in [-0.2, 0) is 0 Å². The van der Waals surface area contributed by atoms with Gasteiger partial charge in [-0.1, -0.05) is 84.9 Å². The lowest BCUT2D eigenvalue weighted by Crippen LogP contribution is -2.12. The van der Waals surface area contributed by atoms with Crippen LogP contribution in [0.1, 0.15) is 0 Å². The average molecular weight is 557 g/mol. The monoisotopic (exact) mass is 556 g/mol. The molecule has 204 valence electrons. The van der Waals surface area contributed by atoms with Gasteiger partial charge in [-0.3, -0.25) is 4.90 Å². The minimum absolute atomic E-state index is 0.106. The molecular weight excluding hydrogens is 532 g/mol. The molecule has 0 aliphatic rings. The van der Waals surface area contributed by atoms with Gasteiger partial charge in [-0.2, -0.15) is 4.98 Å². The number of nitrogens with zero attached hydrogens (tertiary/aromatic N) is 4. The molecule has 0 aliphatic heterocycles. The molecule has 0 unspecified atom stereocenters. The molecule has 6 heteroatoms. The highest BCUT2D eigenvalue weighted by atomic mass is 16.3. The summed E-state index contributed by atoms with van der Waals surface area (Å²) in [4.78, 5) is 16.7. The van der Waals surface area contributed by atoms with Crippen LogP contribution in [0.4, 0.5) is 17.2 Å². The van der Waals surface area contributed by atoms with E-state index in [1.54, 1.807) is 12.1 Å². The lowest BCUT2D eigenvalue weighted by molar-refractivity contribution is 0.477. The molecule has 0 bridgehead atoms. The first-order chi connectivity index (χ1) is 21.2. The van der Waals surface area contributed by atoms with Gasteiger partial charge in [-0.25, -0.2) is 9.97 Å².